The third kappa shape index (κ3) is 2.89. The van der Waals surface area contributed by atoms with Crippen LogP contribution in [0.1, 0.15) is 12.8 Å². The van der Waals surface area contributed by atoms with E-state index in [1.165, 1.54) is 10.6 Å². The fraction of sp³-hybridized carbons (Fsp3) is 0.444. The van der Waals surface area contributed by atoms with Crippen LogP contribution in [-0.4, -0.2) is 11.2 Å². The van der Waals surface area contributed by atoms with Crippen molar-refractivity contribution < 1.29 is 4.39 Å². The minimum atomic E-state index is -0.336. The van der Waals surface area contributed by atoms with Crippen molar-refractivity contribution >= 4 is 5.69 Å². The van der Waals surface area contributed by atoms with Crippen LogP contribution in [0.25, 0.3) is 0 Å². The number of nitrogens with zero attached hydrogens (tertiary/aromatic N) is 1. The molecule has 0 aliphatic rings. The number of nitrogens with two attached hydrogens (primary N) is 1. The van der Waals surface area contributed by atoms with Gasteiger partial charge in [-0.2, -0.15) is 0 Å². The van der Waals surface area contributed by atoms with Gasteiger partial charge in [0.05, 0.1) is 6.67 Å². The van der Waals surface area contributed by atoms with E-state index in [4.69, 9.17) is 5.73 Å². The van der Waals surface area contributed by atoms with Gasteiger partial charge >= 0.3 is 0 Å². The molecule has 0 unspecified atom stereocenters. The Morgan fingerprint density at radius 3 is 2.85 bits per heavy atom. The maximum atomic E-state index is 11.8. The Labute approximate surface area is 76.0 Å². The van der Waals surface area contributed by atoms with Crippen molar-refractivity contribution in [2.24, 2.45) is 0 Å². The number of rotatable bonds is 4. The summed E-state index contributed by atoms with van der Waals surface area (Å²) in [6.45, 7) is 0.199. The molecular weight excluding hydrogens is 171 g/mol. The van der Waals surface area contributed by atoms with Gasteiger partial charge in [0, 0.05) is 24.5 Å². The Kier molecular flexibility index (Phi) is 3.49. The minimum absolute atomic E-state index is 0.0898. The zero-order valence-corrected chi connectivity index (χ0v) is 7.37. The molecule has 0 atom stereocenters. The number of aryl methyl sites for hydroxylation is 1. The molecule has 0 aromatic carbocycles. The SMILES string of the molecule is Nc1ccc(=O)n(CCCCF)c1. The van der Waals surface area contributed by atoms with Crippen LogP contribution in [0.15, 0.2) is 23.1 Å². The van der Waals surface area contributed by atoms with Gasteiger partial charge in [-0.15, -0.1) is 0 Å². The molecule has 3 nitrogen and oxygen atoms in total. The molecule has 1 aromatic rings. The molecule has 0 radical (unpaired) electrons. The number of hydrogen-bond acceptors (Lipinski definition) is 2. The smallest absolute Gasteiger partial charge is 0.250 e. The monoisotopic (exact) mass is 184 g/mol. The summed E-state index contributed by atoms with van der Waals surface area (Å²) in [6.07, 6.45) is 2.74. The van der Waals surface area contributed by atoms with Crippen molar-refractivity contribution in [3.8, 4) is 0 Å². The van der Waals surface area contributed by atoms with Crippen LogP contribution in [0.4, 0.5) is 10.1 Å². The van der Waals surface area contributed by atoms with Gasteiger partial charge in [-0.3, -0.25) is 9.18 Å². The molecular formula is C9H13FN2O. The molecule has 1 heterocycles. The second-order valence-electron chi connectivity index (χ2n) is 2.89. The minimum Gasteiger partial charge on any atom is -0.398 e. The third-order valence-electron chi connectivity index (χ3n) is 1.79. The zero-order chi connectivity index (χ0) is 9.68. The number of alkyl halides is 1. The quantitative estimate of drug-likeness (QED) is 0.714. The van der Waals surface area contributed by atoms with E-state index in [0.29, 0.717) is 25.1 Å². The Hall–Kier alpha value is -1.32. The normalized spacial score (nSPS) is 10.2. The summed E-state index contributed by atoms with van der Waals surface area (Å²) in [7, 11) is 0. The van der Waals surface area contributed by atoms with E-state index in [1.54, 1.807) is 12.3 Å². The highest BCUT2D eigenvalue weighted by atomic mass is 19.1. The largest absolute Gasteiger partial charge is 0.398 e. The van der Waals surface area contributed by atoms with Crippen molar-refractivity contribution in [3.05, 3.63) is 28.7 Å². The number of pyridine rings is 1. The highest BCUT2D eigenvalue weighted by molar-refractivity contribution is 5.33. The molecule has 72 valence electrons. The highest BCUT2D eigenvalue weighted by Crippen LogP contribution is 1.98. The van der Waals surface area contributed by atoms with Crippen LogP contribution < -0.4 is 11.3 Å². The van der Waals surface area contributed by atoms with Crippen LogP contribution in [0.2, 0.25) is 0 Å². The van der Waals surface area contributed by atoms with Crippen molar-refractivity contribution in [3.63, 3.8) is 0 Å². The summed E-state index contributed by atoms with van der Waals surface area (Å²) in [5.41, 5.74) is 5.96. The van der Waals surface area contributed by atoms with Crippen LogP contribution in [0, 0.1) is 0 Å². The summed E-state index contributed by atoms with van der Waals surface area (Å²) < 4.78 is 13.3. The molecule has 0 fully saturated rings. The lowest BCUT2D eigenvalue weighted by Crippen LogP contribution is -2.18. The van der Waals surface area contributed by atoms with E-state index in [1.807, 2.05) is 0 Å². The van der Waals surface area contributed by atoms with Gasteiger partial charge in [-0.05, 0) is 18.9 Å². The van der Waals surface area contributed by atoms with E-state index < -0.39 is 0 Å². The molecule has 0 saturated carbocycles. The summed E-state index contributed by atoms with van der Waals surface area (Å²) >= 11 is 0. The van der Waals surface area contributed by atoms with E-state index in [0.717, 1.165) is 0 Å². The molecule has 2 N–H and O–H groups in total. The van der Waals surface area contributed by atoms with Gasteiger partial charge in [-0.1, -0.05) is 0 Å². The Morgan fingerprint density at radius 2 is 2.15 bits per heavy atom. The molecule has 0 saturated heterocycles. The number of nitrogen functional groups attached to an aromatic ring is 1. The van der Waals surface area contributed by atoms with E-state index in [-0.39, 0.29) is 12.2 Å². The molecule has 4 heteroatoms. The summed E-state index contributed by atoms with van der Waals surface area (Å²) in [4.78, 5) is 11.2. The van der Waals surface area contributed by atoms with Gasteiger partial charge < -0.3 is 10.3 Å². The lowest BCUT2D eigenvalue weighted by molar-refractivity contribution is 0.445. The summed E-state index contributed by atoms with van der Waals surface area (Å²) in [6, 6.07) is 2.98. The first kappa shape index (κ1) is 9.77. The first-order chi connectivity index (χ1) is 6.24. The molecule has 0 aliphatic heterocycles. The first-order valence-electron chi connectivity index (χ1n) is 4.26. The fourth-order valence-corrected chi connectivity index (χ4v) is 1.10. The maximum Gasteiger partial charge on any atom is 0.250 e. The van der Waals surface area contributed by atoms with Crippen molar-refractivity contribution in [2.45, 2.75) is 19.4 Å². The van der Waals surface area contributed by atoms with Crippen LogP contribution in [-0.2, 0) is 6.54 Å². The predicted molar refractivity (Wildman–Crippen MR) is 50.3 cm³/mol. The number of halogens is 1. The number of anilines is 1. The van der Waals surface area contributed by atoms with Crippen LogP contribution >= 0.6 is 0 Å². The number of hydrogen-bond donors (Lipinski definition) is 1. The lowest BCUT2D eigenvalue weighted by Gasteiger charge is -2.04. The van der Waals surface area contributed by atoms with Gasteiger partial charge in [0.2, 0.25) is 0 Å². The van der Waals surface area contributed by atoms with Gasteiger partial charge in [0.15, 0.2) is 0 Å². The van der Waals surface area contributed by atoms with Gasteiger partial charge in [0.25, 0.3) is 5.56 Å². The second-order valence-corrected chi connectivity index (χ2v) is 2.89. The molecule has 1 aromatic heterocycles. The van der Waals surface area contributed by atoms with E-state index in [9.17, 15) is 9.18 Å². The Morgan fingerprint density at radius 1 is 1.38 bits per heavy atom. The predicted octanol–water partition coefficient (Wildman–Crippen LogP) is 1.18. The topological polar surface area (TPSA) is 48.0 Å². The molecule has 0 bridgehead atoms. The molecule has 0 amide bonds. The standard InChI is InChI=1S/C9H13FN2O/c10-5-1-2-6-12-7-8(11)3-4-9(12)13/h3-4,7H,1-2,5-6,11H2. The molecule has 0 aliphatic carbocycles. The zero-order valence-electron chi connectivity index (χ0n) is 7.37. The van der Waals surface area contributed by atoms with E-state index >= 15 is 0 Å². The Balaban J connectivity index is 2.65. The van der Waals surface area contributed by atoms with Gasteiger partial charge in [0.1, 0.15) is 0 Å². The Bertz CT molecular complexity index is 322. The average molecular weight is 184 g/mol. The number of aromatic nitrogens is 1. The number of unbranched alkanes of at least 4 members (excludes halogenated alkanes) is 1. The van der Waals surface area contributed by atoms with Gasteiger partial charge in [-0.25, -0.2) is 0 Å². The lowest BCUT2D eigenvalue weighted by atomic mass is 10.3. The fourth-order valence-electron chi connectivity index (χ4n) is 1.10. The van der Waals surface area contributed by atoms with Crippen molar-refractivity contribution in [1.82, 2.24) is 4.57 Å². The molecule has 1 rings (SSSR count). The van der Waals surface area contributed by atoms with Crippen LogP contribution in [0.3, 0.4) is 0 Å². The third-order valence-corrected chi connectivity index (χ3v) is 1.79. The second kappa shape index (κ2) is 4.64. The molecule has 0 spiro atoms. The average Bonchev–Trinajstić information content (AvgIpc) is 2.11. The highest BCUT2D eigenvalue weighted by Gasteiger charge is 1.95. The first-order valence-corrected chi connectivity index (χ1v) is 4.26. The van der Waals surface area contributed by atoms with Crippen LogP contribution in [0.5, 0.6) is 0 Å². The van der Waals surface area contributed by atoms with Crippen molar-refractivity contribution in [2.75, 3.05) is 12.4 Å². The summed E-state index contributed by atoms with van der Waals surface area (Å²) in [5.74, 6) is 0. The molecule has 13 heavy (non-hydrogen) atoms. The summed E-state index contributed by atoms with van der Waals surface area (Å²) in [5, 5.41) is 0. The van der Waals surface area contributed by atoms with E-state index in [2.05, 4.69) is 0 Å². The maximum absolute atomic E-state index is 11.8. The van der Waals surface area contributed by atoms with Crippen molar-refractivity contribution in [1.29, 1.82) is 0 Å².